The molecule has 18 nitrogen and oxygen atoms in total. The van der Waals surface area contributed by atoms with Crippen molar-refractivity contribution in [2.45, 2.75) is 51.1 Å². The highest BCUT2D eigenvalue weighted by Gasteiger charge is 2.32. The first-order valence-electron chi connectivity index (χ1n) is 21.0. The second-order valence-corrected chi connectivity index (χ2v) is 22.8. The van der Waals surface area contributed by atoms with Crippen LogP contribution in [0, 0.1) is 0 Å². The molecule has 0 fully saturated rings. The first-order valence-corrected chi connectivity index (χ1v) is 27.2. The first-order chi connectivity index (χ1) is 28.3. The Labute approximate surface area is 351 Å². The Hall–Kier alpha value is -0.286. The summed E-state index contributed by atoms with van der Waals surface area (Å²) in [6, 6.07) is 2.14. The molecule has 0 amide bonds. The Kier molecular flexibility index (Phi) is 46.0. The van der Waals surface area contributed by atoms with Gasteiger partial charge in [0, 0.05) is 13.2 Å². The van der Waals surface area contributed by atoms with E-state index in [9.17, 15) is 0 Å². The molecule has 20 heteroatoms. The van der Waals surface area contributed by atoms with E-state index in [0.29, 0.717) is 185 Å². The molecule has 2 N–H and O–H groups in total. The Bertz CT molecular complexity index is 794. The summed E-state index contributed by atoms with van der Waals surface area (Å²) in [6.07, 6.45) is 1.98. The van der Waals surface area contributed by atoms with Gasteiger partial charge in [-0.1, -0.05) is 0 Å². The molecular formula is C38H82O18Si2. The van der Waals surface area contributed by atoms with Gasteiger partial charge in [0.05, 0.1) is 178 Å². The van der Waals surface area contributed by atoms with Crippen molar-refractivity contribution in [1.82, 2.24) is 0 Å². The van der Waals surface area contributed by atoms with Crippen molar-refractivity contribution in [3.63, 3.8) is 0 Å². The summed E-state index contributed by atoms with van der Waals surface area (Å²) in [5.74, 6) is 0. The first kappa shape index (κ1) is 57.7. The molecule has 58 heavy (non-hydrogen) atoms. The predicted octanol–water partition coefficient (Wildman–Crippen LogP) is 2.91. The number of hydrogen-bond donors (Lipinski definition) is 2. The summed E-state index contributed by atoms with van der Waals surface area (Å²) in [5.41, 5.74) is 0. The van der Waals surface area contributed by atoms with Crippen molar-refractivity contribution in [2.24, 2.45) is 0 Å². The second kappa shape index (κ2) is 46.2. The van der Waals surface area contributed by atoms with Gasteiger partial charge in [-0.15, -0.1) is 0 Å². The molecule has 0 rings (SSSR count). The summed E-state index contributed by atoms with van der Waals surface area (Å²) >= 11 is 0. The fraction of sp³-hybridized carbons (Fsp3) is 1.00. The zero-order chi connectivity index (χ0) is 42.4. The van der Waals surface area contributed by atoms with E-state index in [-0.39, 0.29) is 13.2 Å². The van der Waals surface area contributed by atoms with Crippen LogP contribution in [-0.2, 0) is 75.3 Å². The van der Waals surface area contributed by atoms with Crippen LogP contribution in [0.15, 0.2) is 0 Å². The van der Waals surface area contributed by atoms with Gasteiger partial charge in [0.15, 0.2) is 16.6 Å². The molecule has 350 valence electrons. The lowest BCUT2D eigenvalue weighted by atomic mass is 10.5. The van der Waals surface area contributed by atoms with E-state index < -0.39 is 16.6 Å². The maximum absolute atomic E-state index is 8.61. The van der Waals surface area contributed by atoms with E-state index >= 15 is 0 Å². The van der Waals surface area contributed by atoms with E-state index in [1.165, 1.54) is 0 Å². The topological polar surface area (TPSA) is 188 Å². The molecule has 0 bridgehead atoms. The van der Waals surface area contributed by atoms with Crippen LogP contribution in [0.5, 0.6) is 0 Å². The van der Waals surface area contributed by atoms with Gasteiger partial charge in [0.1, 0.15) is 6.61 Å². The summed E-state index contributed by atoms with van der Waals surface area (Å²) in [5, 5.41) is 16.8. The minimum absolute atomic E-state index is 0.0240. The highest BCUT2D eigenvalue weighted by Crippen LogP contribution is 2.23. The molecule has 0 aromatic heterocycles. The normalized spacial score (nSPS) is 12.3. The third kappa shape index (κ3) is 48.4. The number of ether oxygens (including phenoxy) is 14. The summed E-state index contributed by atoms with van der Waals surface area (Å²) in [4.78, 5) is 3.91. The Morgan fingerprint density at radius 2 is 0.466 bits per heavy atom. The van der Waals surface area contributed by atoms with Gasteiger partial charge in [-0.25, -0.2) is 4.89 Å². The van der Waals surface area contributed by atoms with Gasteiger partial charge in [-0.05, 0) is 51.1 Å². The van der Waals surface area contributed by atoms with Crippen LogP contribution in [0.3, 0.4) is 0 Å². The Morgan fingerprint density at radius 1 is 0.276 bits per heavy atom. The average Bonchev–Trinajstić information content (AvgIpc) is 3.19. The van der Waals surface area contributed by atoms with Crippen LogP contribution in [0.1, 0.15) is 12.8 Å². The van der Waals surface area contributed by atoms with Gasteiger partial charge in [0.25, 0.3) is 0 Å². The lowest BCUT2D eigenvalue weighted by molar-refractivity contribution is -0.249. The molecule has 0 aliphatic heterocycles. The van der Waals surface area contributed by atoms with Crippen LogP contribution in [-0.4, -0.2) is 225 Å². The maximum Gasteiger partial charge on any atom is 0.173 e. The van der Waals surface area contributed by atoms with Gasteiger partial charge in [-0.2, -0.15) is 0 Å². The quantitative estimate of drug-likeness (QED) is 0.0393. The number of aliphatic hydroxyl groups excluding tert-OH is 1. The molecule has 0 aliphatic rings. The number of rotatable bonds is 51. The standard InChI is InChI=1S/C38H82O18Si2/c1-57(2,37-5-8-41-11-14-44-17-20-47-23-26-50-28-25-49-22-19-46-16-13-43-10-7-39)56-58(3,4)38-6-9-42-12-15-45-18-21-48-24-27-51-29-30-52-31-32-53-33-34-54-35-36-55-40/h39-40H,5-38H2,1-4H3. The van der Waals surface area contributed by atoms with E-state index in [4.69, 9.17) is 80.8 Å². The van der Waals surface area contributed by atoms with Gasteiger partial charge in [-0.3, -0.25) is 5.26 Å². The van der Waals surface area contributed by atoms with Crippen molar-refractivity contribution in [1.29, 1.82) is 0 Å². The lowest BCUT2D eigenvalue weighted by Crippen LogP contribution is -2.44. The van der Waals surface area contributed by atoms with E-state index in [1.54, 1.807) is 0 Å². The zero-order valence-electron chi connectivity index (χ0n) is 36.5. The van der Waals surface area contributed by atoms with Crippen molar-refractivity contribution in [3.8, 4) is 0 Å². The van der Waals surface area contributed by atoms with Crippen molar-refractivity contribution in [3.05, 3.63) is 0 Å². The molecule has 0 saturated heterocycles. The number of aliphatic hydroxyl groups is 1. The van der Waals surface area contributed by atoms with E-state index in [1.807, 2.05) is 0 Å². The summed E-state index contributed by atoms with van der Waals surface area (Å²) < 4.78 is 83.4. The molecule has 0 spiro atoms. The fourth-order valence-electron chi connectivity index (χ4n) is 5.05. The third-order valence-corrected chi connectivity index (χ3v) is 15.2. The van der Waals surface area contributed by atoms with Gasteiger partial charge in [0.2, 0.25) is 0 Å². The Morgan fingerprint density at radius 3 is 0.672 bits per heavy atom. The summed E-state index contributed by atoms with van der Waals surface area (Å²) in [7, 11) is -3.55. The minimum atomic E-state index is -1.78. The van der Waals surface area contributed by atoms with Crippen molar-refractivity contribution in [2.75, 3.05) is 198 Å². The zero-order valence-corrected chi connectivity index (χ0v) is 38.5. The minimum Gasteiger partial charge on any atom is -0.455 e. The molecule has 0 unspecified atom stereocenters. The molecule has 0 aromatic carbocycles. The molecular weight excluding hydrogens is 801 g/mol. The predicted molar refractivity (Wildman–Crippen MR) is 222 cm³/mol. The van der Waals surface area contributed by atoms with E-state index in [0.717, 1.165) is 24.9 Å². The van der Waals surface area contributed by atoms with Gasteiger partial charge >= 0.3 is 0 Å². The molecule has 0 radical (unpaired) electrons. The maximum atomic E-state index is 8.61. The monoisotopic (exact) mass is 883 g/mol. The largest absolute Gasteiger partial charge is 0.455 e. The fourth-order valence-corrected chi connectivity index (χ4v) is 13.8. The molecule has 0 aliphatic carbocycles. The smallest absolute Gasteiger partial charge is 0.173 e. The number of hydrogen-bond acceptors (Lipinski definition) is 18. The molecule has 0 saturated carbocycles. The molecule has 0 heterocycles. The average molecular weight is 883 g/mol. The summed E-state index contributed by atoms with van der Waals surface area (Å²) in [6.45, 7) is 23.7. The van der Waals surface area contributed by atoms with Crippen LogP contribution >= 0.6 is 0 Å². The lowest BCUT2D eigenvalue weighted by Gasteiger charge is -2.34. The van der Waals surface area contributed by atoms with Crippen molar-refractivity contribution < 1.29 is 85.7 Å². The molecule has 0 atom stereocenters. The van der Waals surface area contributed by atoms with Crippen LogP contribution < -0.4 is 0 Å². The van der Waals surface area contributed by atoms with Crippen LogP contribution in [0.25, 0.3) is 0 Å². The van der Waals surface area contributed by atoms with Crippen LogP contribution in [0.4, 0.5) is 0 Å². The van der Waals surface area contributed by atoms with Crippen LogP contribution in [0.2, 0.25) is 38.3 Å². The SMILES string of the molecule is C[Si](C)(CCCOCCOCCOCCOCCOCCOCCOCCO)O[Si](C)(C)CCCOCCOCCOCCOCCOCCOCCOCCOO. The highest BCUT2D eigenvalue weighted by atomic mass is 28.4. The highest BCUT2D eigenvalue weighted by molar-refractivity contribution is 6.84. The Balaban J connectivity index is 3.42. The molecule has 0 aromatic rings. The van der Waals surface area contributed by atoms with E-state index in [2.05, 4.69) is 31.1 Å². The third-order valence-electron chi connectivity index (χ3n) is 7.71. The van der Waals surface area contributed by atoms with Gasteiger partial charge < -0.3 is 75.5 Å². The second-order valence-electron chi connectivity index (χ2n) is 14.0. The van der Waals surface area contributed by atoms with Crippen molar-refractivity contribution >= 4 is 16.6 Å².